The van der Waals surface area contributed by atoms with Gasteiger partial charge in [-0.15, -0.1) is 0 Å². The number of benzene rings is 4. The third-order valence-corrected chi connectivity index (χ3v) is 5.15. The molecule has 0 aliphatic carbocycles. The van der Waals surface area contributed by atoms with Gasteiger partial charge in [0.25, 0.3) is 0 Å². The summed E-state index contributed by atoms with van der Waals surface area (Å²) in [4.78, 5) is 0. The zero-order chi connectivity index (χ0) is 17.2. The second-order valence-corrected chi connectivity index (χ2v) is 6.85. The maximum absolute atomic E-state index is 4.81. The van der Waals surface area contributed by atoms with Crippen LogP contribution in [-0.2, 0) is 14.6 Å². The Morgan fingerprint density at radius 3 is 1.48 bits per heavy atom. The standard InChI is InChI=1S/2C11H9N.Fe/c2*1-8-6-7-9-4-2-3-5-10(9)11(8)12;/h2*2-7H,1H3;. The average molecular weight is 366 g/mol. The van der Waals surface area contributed by atoms with Gasteiger partial charge in [-0.25, -0.2) is 0 Å². The Labute approximate surface area is 153 Å². The molecule has 0 atom stereocenters. The van der Waals surface area contributed by atoms with Crippen molar-refractivity contribution in [2.75, 3.05) is 0 Å². The van der Waals surface area contributed by atoms with Crippen LogP contribution in [-0.4, -0.2) is 0 Å². The van der Waals surface area contributed by atoms with E-state index < -0.39 is 0 Å². The van der Waals surface area contributed by atoms with Gasteiger partial charge in [0.2, 0.25) is 0 Å². The van der Waals surface area contributed by atoms with Crippen molar-refractivity contribution in [1.29, 1.82) is 0 Å². The van der Waals surface area contributed by atoms with E-state index in [-0.39, 0.29) is 0 Å². The van der Waals surface area contributed by atoms with Crippen LogP contribution in [0.1, 0.15) is 11.1 Å². The van der Waals surface area contributed by atoms with Crippen molar-refractivity contribution in [1.82, 2.24) is 0 Å². The van der Waals surface area contributed by atoms with E-state index in [1.165, 1.54) is 32.7 Å². The third-order valence-electron chi connectivity index (χ3n) is 4.43. The molecule has 0 bridgehead atoms. The predicted octanol–water partition coefficient (Wildman–Crippen LogP) is 7.02. The van der Waals surface area contributed by atoms with E-state index >= 15 is 0 Å². The number of rotatable bonds is 2. The molecule has 4 aromatic carbocycles. The van der Waals surface area contributed by atoms with Crippen molar-refractivity contribution < 1.29 is 14.6 Å². The van der Waals surface area contributed by atoms with E-state index in [2.05, 4.69) is 86.6 Å². The van der Waals surface area contributed by atoms with Crippen molar-refractivity contribution in [3.05, 3.63) is 83.9 Å². The van der Waals surface area contributed by atoms with Crippen LogP contribution in [0.5, 0.6) is 0 Å². The first-order chi connectivity index (χ1) is 12.2. The Balaban J connectivity index is 1.86. The molecule has 0 spiro atoms. The predicted molar refractivity (Wildman–Crippen MR) is 102 cm³/mol. The minimum atomic E-state index is 0.434. The molecule has 0 radical (unpaired) electrons. The number of hydrogen-bond acceptors (Lipinski definition) is 2. The summed E-state index contributed by atoms with van der Waals surface area (Å²) in [6.07, 6.45) is 0. The molecule has 4 rings (SSSR count). The van der Waals surface area contributed by atoms with Crippen LogP contribution in [0.25, 0.3) is 21.5 Å². The van der Waals surface area contributed by atoms with Gasteiger partial charge >= 0.3 is 153 Å². The van der Waals surface area contributed by atoms with Crippen molar-refractivity contribution in [2.24, 2.45) is 7.92 Å². The van der Waals surface area contributed by atoms with Gasteiger partial charge in [0, 0.05) is 0 Å². The summed E-state index contributed by atoms with van der Waals surface area (Å²) in [5, 5.41) is 4.81. The first-order valence-corrected chi connectivity index (χ1v) is 9.23. The Morgan fingerprint density at radius 2 is 1.00 bits per heavy atom. The maximum atomic E-state index is 4.81. The Morgan fingerprint density at radius 1 is 0.560 bits per heavy atom. The zero-order valence-corrected chi connectivity index (χ0v) is 15.3. The molecule has 0 unspecified atom stereocenters. The van der Waals surface area contributed by atoms with Gasteiger partial charge in [0.1, 0.15) is 0 Å². The Kier molecular flexibility index (Phi) is 4.35. The van der Waals surface area contributed by atoms with Gasteiger partial charge in [0.05, 0.1) is 0 Å². The van der Waals surface area contributed by atoms with E-state index in [0.29, 0.717) is 14.6 Å². The Hall–Kier alpha value is -2.48. The number of aryl methyl sites for hydroxylation is 2. The van der Waals surface area contributed by atoms with Crippen molar-refractivity contribution in [3.8, 4) is 0 Å². The van der Waals surface area contributed by atoms with E-state index in [0.717, 1.165) is 11.4 Å². The topological polar surface area (TPSA) is 24.7 Å². The van der Waals surface area contributed by atoms with Crippen LogP contribution in [0.15, 0.2) is 80.7 Å². The molecule has 0 aromatic heterocycles. The molecule has 0 amide bonds. The normalized spacial score (nSPS) is 11.0. The van der Waals surface area contributed by atoms with Gasteiger partial charge in [0.15, 0.2) is 0 Å². The monoisotopic (exact) mass is 366 g/mol. The molecule has 0 saturated carbocycles. The molecule has 0 saturated heterocycles. The summed E-state index contributed by atoms with van der Waals surface area (Å²) in [6.45, 7) is 4.21. The summed E-state index contributed by atoms with van der Waals surface area (Å²) in [7, 11) is 0. The molecule has 0 heterocycles. The van der Waals surface area contributed by atoms with Crippen LogP contribution in [0.4, 0.5) is 11.4 Å². The van der Waals surface area contributed by atoms with Crippen molar-refractivity contribution in [3.63, 3.8) is 0 Å². The quantitative estimate of drug-likeness (QED) is 0.341. The third kappa shape index (κ3) is 3.09. The Bertz CT molecular complexity index is 1070. The fourth-order valence-corrected chi connectivity index (χ4v) is 3.96. The van der Waals surface area contributed by atoms with Crippen molar-refractivity contribution >= 4 is 32.9 Å². The molecule has 0 N–H and O–H groups in total. The molecule has 0 aliphatic rings. The fourth-order valence-electron chi connectivity index (χ4n) is 3.03. The first-order valence-electron chi connectivity index (χ1n) is 8.24. The summed E-state index contributed by atoms with van der Waals surface area (Å²) < 4.78 is 9.62. The van der Waals surface area contributed by atoms with Gasteiger partial charge < -0.3 is 0 Å². The summed E-state index contributed by atoms with van der Waals surface area (Å²) in [6, 6.07) is 25.3. The number of nitrogens with zero attached hydrogens (tertiary/aromatic N) is 2. The molecule has 0 fully saturated rings. The van der Waals surface area contributed by atoms with E-state index in [9.17, 15) is 0 Å². The molecular formula is C22H18FeN2. The summed E-state index contributed by atoms with van der Waals surface area (Å²) in [5.74, 6) is 0. The second kappa shape index (κ2) is 6.79. The van der Waals surface area contributed by atoms with E-state index in [1.807, 2.05) is 0 Å². The molecule has 0 aliphatic heterocycles. The SMILES string of the molecule is Cc1ccc2ccccc2c1[N]=[Fe]=[N]c1c(C)ccc2ccccc12. The van der Waals surface area contributed by atoms with Gasteiger partial charge in [-0.2, -0.15) is 0 Å². The minimum absolute atomic E-state index is 0.434. The van der Waals surface area contributed by atoms with E-state index in [1.54, 1.807) is 0 Å². The molecule has 124 valence electrons. The molecule has 2 nitrogen and oxygen atoms in total. The van der Waals surface area contributed by atoms with Crippen LogP contribution >= 0.6 is 0 Å². The van der Waals surface area contributed by atoms with Crippen LogP contribution in [0.3, 0.4) is 0 Å². The fraction of sp³-hybridized carbons (Fsp3) is 0.0909. The summed E-state index contributed by atoms with van der Waals surface area (Å²) in [5.41, 5.74) is 4.45. The zero-order valence-electron chi connectivity index (χ0n) is 14.2. The molecule has 25 heavy (non-hydrogen) atoms. The van der Waals surface area contributed by atoms with Gasteiger partial charge in [-0.1, -0.05) is 0 Å². The van der Waals surface area contributed by atoms with Gasteiger partial charge in [-0.05, 0) is 0 Å². The number of hydrogen-bond donors (Lipinski definition) is 0. The molecule has 4 aromatic rings. The second-order valence-electron chi connectivity index (χ2n) is 6.13. The molecular weight excluding hydrogens is 348 g/mol. The van der Waals surface area contributed by atoms with Crippen molar-refractivity contribution in [2.45, 2.75) is 13.8 Å². The summed E-state index contributed by atoms with van der Waals surface area (Å²) >= 11 is 0.434. The van der Waals surface area contributed by atoms with E-state index in [4.69, 9.17) is 7.92 Å². The van der Waals surface area contributed by atoms with Crippen LogP contribution < -0.4 is 0 Å². The average Bonchev–Trinajstić information content (AvgIpc) is 2.65. The first kappa shape index (κ1) is 16.0. The number of fused-ring (bicyclic) bond motifs is 2. The van der Waals surface area contributed by atoms with Gasteiger partial charge in [-0.3, -0.25) is 0 Å². The van der Waals surface area contributed by atoms with Crippen LogP contribution in [0.2, 0.25) is 0 Å². The van der Waals surface area contributed by atoms with Crippen LogP contribution in [0, 0.1) is 13.8 Å². The molecule has 3 heteroatoms.